The summed E-state index contributed by atoms with van der Waals surface area (Å²) in [5.74, 6) is 1.61. The van der Waals surface area contributed by atoms with Gasteiger partial charge in [0.05, 0.1) is 0 Å². The number of hydrogen-bond acceptors (Lipinski definition) is 2. The van der Waals surface area contributed by atoms with Gasteiger partial charge >= 0.3 is 0 Å². The molecule has 0 spiro atoms. The predicted molar refractivity (Wildman–Crippen MR) is 110 cm³/mol. The van der Waals surface area contributed by atoms with Crippen molar-refractivity contribution < 1.29 is 0 Å². The highest BCUT2D eigenvalue weighted by atomic mass is 32.1. The van der Waals surface area contributed by atoms with Crippen molar-refractivity contribution in [1.82, 2.24) is 5.32 Å². The fourth-order valence-corrected chi connectivity index (χ4v) is 2.38. The van der Waals surface area contributed by atoms with Gasteiger partial charge in [0.25, 0.3) is 0 Å². The molecule has 4 unspecified atom stereocenters. The lowest BCUT2D eigenvalue weighted by Crippen LogP contribution is -2.41. The van der Waals surface area contributed by atoms with Gasteiger partial charge < -0.3 is 5.32 Å². The highest BCUT2D eigenvalue weighted by Gasteiger charge is 2.29. The minimum absolute atomic E-state index is 0.601. The van der Waals surface area contributed by atoms with Crippen LogP contribution in [-0.4, -0.2) is 18.3 Å². The van der Waals surface area contributed by atoms with Crippen LogP contribution in [0.15, 0.2) is 13.2 Å². The molecule has 1 fully saturated rings. The number of thiol groups is 1. The zero-order chi connectivity index (χ0) is 18.4. The second-order valence-electron chi connectivity index (χ2n) is 3.89. The van der Waals surface area contributed by atoms with Gasteiger partial charge in [-0.3, -0.25) is 0 Å². The average molecular weight is 322 g/mol. The summed E-state index contributed by atoms with van der Waals surface area (Å²) < 4.78 is 0. The van der Waals surface area contributed by atoms with E-state index < -0.39 is 0 Å². The minimum atomic E-state index is 0.601. The van der Waals surface area contributed by atoms with Crippen molar-refractivity contribution in [3.8, 4) is 0 Å². The van der Waals surface area contributed by atoms with Gasteiger partial charge in [-0.05, 0) is 31.7 Å². The summed E-state index contributed by atoms with van der Waals surface area (Å²) in [6, 6.07) is 0.689. The van der Waals surface area contributed by atoms with Crippen molar-refractivity contribution >= 4 is 12.6 Å². The summed E-state index contributed by atoms with van der Waals surface area (Å²) >= 11 is 4.57. The fourth-order valence-electron chi connectivity index (χ4n) is 2.03. The summed E-state index contributed by atoms with van der Waals surface area (Å²) in [7, 11) is 2.05. The van der Waals surface area contributed by atoms with Gasteiger partial charge in [-0.25, -0.2) is 0 Å². The van der Waals surface area contributed by atoms with Gasteiger partial charge in [0, 0.05) is 11.3 Å². The van der Waals surface area contributed by atoms with Crippen molar-refractivity contribution in [2.45, 2.75) is 93.4 Å². The van der Waals surface area contributed by atoms with E-state index >= 15 is 0 Å². The average Bonchev–Trinajstić information content (AvgIpc) is 2.60. The van der Waals surface area contributed by atoms with Crippen LogP contribution in [0.3, 0.4) is 0 Å². The molecule has 0 aromatic rings. The van der Waals surface area contributed by atoms with Crippen LogP contribution in [0.2, 0.25) is 0 Å². The predicted octanol–water partition coefficient (Wildman–Crippen LogP) is 6.85. The van der Waals surface area contributed by atoms with Crippen LogP contribution in [0.25, 0.3) is 0 Å². The van der Waals surface area contributed by atoms with Crippen LogP contribution in [0.4, 0.5) is 0 Å². The first-order valence-corrected chi connectivity index (χ1v) is 9.52. The van der Waals surface area contributed by atoms with Crippen LogP contribution >= 0.6 is 12.6 Å². The lowest BCUT2D eigenvalue weighted by molar-refractivity contribution is 0.246. The van der Waals surface area contributed by atoms with Crippen LogP contribution in [0.1, 0.15) is 82.1 Å². The molecule has 1 nitrogen and oxygen atoms in total. The standard InChI is InChI=1S/C9H19NS.4C2H6.C2H4/c1-6-4-7(2)9(11)5-8(6)10-3;5*1-2/h6-11H,4-5H2,1-3H3;4*1-2H3;1-2H2. The zero-order valence-electron chi connectivity index (χ0n) is 17.1. The van der Waals surface area contributed by atoms with Gasteiger partial charge in [-0.2, -0.15) is 12.6 Å². The molecule has 0 radical (unpaired) electrons. The highest BCUT2D eigenvalue weighted by molar-refractivity contribution is 7.81. The largest absolute Gasteiger partial charge is 0.317 e. The summed E-state index contributed by atoms with van der Waals surface area (Å²) in [6.45, 7) is 26.6. The maximum Gasteiger partial charge on any atom is 0.0100 e. The molecule has 0 aliphatic heterocycles. The Labute approximate surface area is 143 Å². The Bertz CT molecular complexity index is 140. The van der Waals surface area contributed by atoms with E-state index in [1.807, 2.05) is 55.4 Å². The number of nitrogens with one attached hydrogen (secondary N) is 1. The van der Waals surface area contributed by atoms with E-state index in [1.165, 1.54) is 12.8 Å². The van der Waals surface area contributed by atoms with E-state index in [-0.39, 0.29) is 0 Å². The molecule has 0 bridgehead atoms. The molecular weight excluding hydrogens is 274 g/mol. The fraction of sp³-hybridized carbons (Fsp3) is 0.895. The molecule has 1 rings (SSSR count). The monoisotopic (exact) mass is 321 g/mol. The Balaban J connectivity index is -0.0000000727. The van der Waals surface area contributed by atoms with E-state index in [2.05, 4.69) is 52.0 Å². The van der Waals surface area contributed by atoms with Gasteiger partial charge in [0.15, 0.2) is 0 Å². The van der Waals surface area contributed by atoms with Gasteiger partial charge in [-0.1, -0.05) is 69.2 Å². The number of hydrogen-bond donors (Lipinski definition) is 2. The molecule has 0 aromatic heterocycles. The van der Waals surface area contributed by atoms with Gasteiger partial charge in [0.1, 0.15) is 0 Å². The molecule has 0 aromatic carbocycles. The maximum atomic E-state index is 4.57. The van der Waals surface area contributed by atoms with Gasteiger partial charge in [0.2, 0.25) is 0 Å². The third-order valence-corrected chi connectivity index (χ3v) is 3.67. The number of rotatable bonds is 1. The third-order valence-electron chi connectivity index (χ3n) is 2.95. The Kier molecular flexibility index (Phi) is 50.3. The Morgan fingerprint density at radius 1 is 0.762 bits per heavy atom. The second kappa shape index (κ2) is 32.1. The molecule has 0 heterocycles. The molecule has 1 aliphatic carbocycles. The lowest BCUT2D eigenvalue weighted by atomic mass is 9.79. The smallest absolute Gasteiger partial charge is 0.0100 e. The Morgan fingerprint density at radius 3 is 1.38 bits per heavy atom. The first-order valence-electron chi connectivity index (χ1n) is 9.00. The van der Waals surface area contributed by atoms with Crippen molar-refractivity contribution in [3.05, 3.63) is 13.2 Å². The molecule has 2 heteroatoms. The third kappa shape index (κ3) is 20.1. The highest BCUT2D eigenvalue weighted by Crippen LogP contribution is 2.31. The second-order valence-corrected chi connectivity index (χ2v) is 4.55. The lowest BCUT2D eigenvalue weighted by Gasteiger charge is -2.36. The molecule has 1 saturated carbocycles. The summed E-state index contributed by atoms with van der Waals surface area (Å²) in [5, 5.41) is 3.96. The quantitative estimate of drug-likeness (QED) is 0.397. The molecule has 4 atom stereocenters. The SMILES string of the molecule is C=C.CC.CC.CC.CC.CNC1CC(S)C(C)CC1C. The molecule has 21 heavy (non-hydrogen) atoms. The van der Waals surface area contributed by atoms with Crippen molar-refractivity contribution in [3.63, 3.8) is 0 Å². The molecule has 1 aliphatic rings. The van der Waals surface area contributed by atoms with Gasteiger partial charge in [-0.15, -0.1) is 13.2 Å². The first-order chi connectivity index (χ1) is 10.1. The molecule has 0 amide bonds. The van der Waals surface area contributed by atoms with E-state index in [9.17, 15) is 0 Å². The maximum absolute atomic E-state index is 4.57. The molecule has 134 valence electrons. The topological polar surface area (TPSA) is 12.0 Å². The summed E-state index contributed by atoms with van der Waals surface area (Å²) in [5.41, 5.74) is 0. The summed E-state index contributed by atoms with van der Waals surface area (Å²) in [6.07, 6.45) is 2.54. The Morgan fingerprint density at radius 2 is 1.10 bits per heavy atom. The van der Waals surface area contributed by atoms with Crippen molar-refractivity contribution in [2.24, 2.45) is 11.8 Å². The molecule has 1 N–H and O–H groups in total. The summed E-state index contributed by atoms with van der Waals surface area (Å²) in [4.78, 5) is 0. The van der Waals surface area contributed by atoms with Crippen LogP contribution in [-0.2, 0) is 0 Å². The molecular formula is C19H47NS. The Hall–Kier alpha value is 0.0500. The zero-order valence-corrected chi connectivity index (χ0v) is 18.0. The normalized spacial score (nSPS) is 25.3. The van der Waals surface area contributed by atoms with E-state index in [1.54, 1.807) is 0 Å². The van der Waals surface area contributed by atoms with Crippen molar-refractivity contribution in [1.29, 1.82) is 0 Å². The van der Waals surface area contributed by atoms with E-state index in [4.69, 9.17) is 0 Å². The van der Waals surface area contributed by atoms with Crippen LogP contribution in [0.5, 0.6) is 0 Å². The van der Waals surface area contributed by atoms with Crippen molar-refractivity contribution in [2.75, 3.05) is 7.05 Å². The van der Waals surface area contributed by atoms with E-state index in [0.717, 1.165) is 11.8 Å². The van der Waals surface area contributed by atoms with E-state index in [0.29, 0.717) is 11.3 Å². The first kappa shape index (κ1) is 32.8. The minimum Gasteiger partial charge on any atom is -0.317 e. The molecule has 0 saturated heterocycles. The van der Waals surface area contributed by atoms with Crippen LogP contribution < -0.4 is 5.32 Å². The van der Waals surface area contributed by atoms with Crippen LogP contribution in [0, 0.1) is 11.8 Å².